The summed E-state index contributed by atoms with van der Waals surface area (Å²) in [5, 5.41) is 3.50. The number of anilines is 1. The number of hydrogen-bond acceptors (Lipinski definition) is 2. The van der Waals surface area contributed by atoms with E-state index >= 15 is 0 Å². The summed E-state index contributed by atoms with van der Waals surface area (Å²) in [6.45, 7) is 5.92. The minimum absolute atomic E-state index is 0.160. The van der Waals surface area contributed by atoms with Gasteiger partial charge in [-0.15, -0.1) is 0 Å². The van der Waals surface area contributed by atoms with Gasteiger partial charge in [-0.1, -0.05) is 30.7 Å². The molecule has 116 valence electrons. The molecular formula is C18H20ClNO2. The third-order valence-electron chi connectivity index (χ3n) is 3.23. The smallest absolute Gasteiger partial charge is 0.265 e. The Morgan fingerprint density at radius 1 is 1.18 bits per heavy atom. The number of nitrogens with one attached hydrogen (secondary N) is 1. The summed E-state index contributed by atoms with van der Waals surface area (Å²) in [6, 6.07) is 13.0. The maximum atomic E-state index is 12.4. The van der Waals surface area contributed by atoms with Gasteiger partial charge < -0.3 is 10.1 Å². The van der Waals surface area contributed by atoms with Gasteiger partial charge in [0.25, 0.3) is 5.91 Å². The predicted molar refractivity (Wildman–Crippen MR) is 90.7 cm³/mol. The van der Waals surface area contributed by atoms with Crippen LogP contribution in [0, 0.1) is 13.8 Å². The highest BCUT2D eigenvalue weighted by atomic mass is 35.5. The molecule has 0 bridgehead atoms. The van der Waals surface area contributed by atoms with Crippen molar-refractivity contribution in [3.63, 3.8) is 0 Å². The van der Waals surface area contributed by atoms with E-state index in [1.54, 1.807) is 24.3 Å². The fourth-order valence-corrected chi connectivity index (χ4v) is 2.48. The Hall–Kier alpha value is -2.00. The van der Waals surface area contributed by atoms with E-state index in [-0.39, 0.29) is 5.91 Å². The second kappa shape index (κ2) is 7.32. The zero-order chi connectivity index (χ0) is 16.1. The first-order valence-corrected chi connectivity index (χ1v) is 7.67. The van der Waals surface area contributed by atoms with E-state index in [0.717, 1.165) is 16.8 Å². The lowest BCUT2D eigenvalue weighted by Crippen LogP contribution is -2.32. The van der Waals surface area contributed by atoms with E-state index in [1.807, 2.05) is 32.9 Å². The van der Waals surface area contributed by atoms with Gasteiger partial charge >= 0.3 is 0 Å². The summed E-state index contributed by atoms with van der Waals surface area (Å²) in [5.74, 6) is 0.433. The molecule has 0 saturated heterocycles. The lowest BCUT2D eigenvalue weighted by molar-refractivity contribution is -0.122. The quantitative estimate of drug-likeness (QED) is 0.864. The molecular weight excluding hydrogens is 298 g/mol. The SMILES string of the molecule is CC[C@H](Oc1cccc(Cl)c1)C(=O)Nc1cc(C)cc(C)c1. The highest BCUT2D eigenvalue weighted by Crippen LogP contribution is 2.20. The lowest BCUT2D eigenvalue weighted by Gasteiger charge is -2.18. The fraction of sp³-hybridized carbons (Fsp3) is 0.278. The van der Waals surface area contributed by atoms with Crippen molar-refractivity contribution in [1.82, 2.24) is 0 Å². The van der Waals surface area contributed by atoms with E-state index in [0.29, 0.717) is 17.2 Å². The molecule has 2 aromatic rings. The van der Waals surface area contributed by atoms with Gasteiger partial charge in [-0.2, -0.15) is 0 Å². The van der Waals surface area contributed by atoms with Crippen molar-refractivity contribution in [2.24, 2.45) is 0 Å². The van der Waals surface area contributed by atoms with Crippen LogP contribution in [0.15, 0.2) is 42.5 Å². The lowest BCUT2D eigenvalue weighted by atomic mass is 10.1. The highest BCUT2D eigenvalue weighted by molar-refractivity contribution is 6.30. The maximum Gasteiger partial charge on any atom is 0.265 e. The summed E-state index contributed by atoms with van der Waals surface area (Å²) in [7, 11) is 0. The first-order chi connectivity index (χ1) is 10.5. The molecule has 1 atom stereocenters. The van der Waals surface area contributed by atoms with Gasteiger partial charge in [0.15, 0.2) is 6.10 Å². The predicted octanol–water partition coefficient (Wildman–Crippen LogP) is 4.75. The van der Waals surface area contributed by atoms with Gasteiger partial charge in [0.1, 0.15) is 5.75 Å². The summed E-state index contributed by atoms with van der Waals surface area (Å²) in [4.78, 5) is 12.4. The van der Waals surface area contributed by atoms with Crippen LogP contribution in [-0.4, -0.2) is 12.0 Å². The van der Waals surface area contributed by atoms with Gasteiger partial charge in [0.05, 0.1) is 0 Å². The molecule has 0 aliphatic carbocycles. The number of halogens is 1. The molecule has 0 spiro atoms. The van der Waals surface area contributed by atoms with E-state index in [1.165, 1.54) is 0 Å². The Morgan fingerprint density at radius 2 is 1.86 bits per heavy atom. The zero-order valence-corrected chi connectivity index (χ0v) is 13.8. The third kappa shape index (κ3) is 4.50. The molecule has 4 heteroatoms. The molecule has 1 amide bonds. The zero-order valence-electron chi connectivity index (χ0n) is 13.0. The first kappa shape index (κ1) is 16.4. The summed E-state index contributed by atoms with van der Waals surface area (Å²) >= 11 is 5.94. The standard InChI is InChI=1S/C18H20ClNO2/c1-4-17(22-16-7-5-6-14(19)11-16)18(21)20-15-9-12(2)8-13(3)10-15/h5-11,17H,4H2,1-3H3,(H,20,21)/t17-/m0/s1. The Bertz CT molecular complexity index is 650. The van der Waals surface area contributed by atoms with E-state index in [2.05, 4.69) is 11.4 Å². The third-order valence-corrected chi connectivity index (χ3v) is 3.46. The monoisotopic (exact) mass is 317 g/mol. The van der Waals surface area contributed by atoms with Gasteiger partial charge in [-0.3, -0.25) is 4.79 Å². The number of carbonyl (C=O) groups excluding carboxylic acids is 1. The molecule has 0 saturated carbocycles. The highest BCUT2D eigenvalue weighted by Gasteiger charge is 2.18. The Kier molecular flexibility index (Phi) is 5.45. The number of rotatable bonds is 5. The molecule has 1 N–H and O–H groups in total. The molecule has 0 aromatic heterocycles. The summed E-state index contributed by atoms with van der Waals surface area (Å²) in [6.07, 6.45) is 0.0163. The van der Waals surface area contributed by atoms with Gasteiger partial charge in [-0.05, 0) is 61.7 Å². The summed E-state index contributed by atoms with van der Waals surface area (Å²) < 4.78 is 5.74. The minimum Gasteiger partial charge on any atom is -0.481 e. The summed E-state index contributed by atoms with van der Waals surface area (Å²) in [5.41, 5.74) is 3.01. The Balaban J connectivity index is 2.08. The molecule has 0 fully saturated rings. The molecule has 0 radical (unpaired) electrons. The van der Waals surface area contributed by atoms with Crippen LogP contribution in [0.3, 0.4) is 0 Å². The van der Waals surface area contributed by atoms with Crippen LogP contribution < -0.4 is 10.1 Å². The first-order valence-electron chi connectivity index (χ1n) is 7.29. The average Bonchev–Trinajstić information content (AvgIpc) is 2.43. The van der Waals surface area contributed by atoms with Crippen molar-refractivity contribution >= 4 is 23.2 Å². The van der Waals surface area contributed by atoms with Crippen LogP contribution in [0.1, 0.15) is 24.5 Å². The molecule has 0 aliphatic heterocycles. The van der Waals surface area contributed by atoms with Crippen molar-refractivity contribution in [3.8, 4) is 5.75 Å². The van der Waals surface area contributed by atoms with Crippen molar-refractivity contribution in [2.45, 2.75) is 33.3 Å². The fourth-order valence-electron chi connectivity index (χ4n) is 2.30. The average molecular weight is 318 g/mol. The van der Waals surface area contributed by atoms with Crippen molar-refractivity contribution in [2.75, 3.05) is 5.32 Å². The molecule has 2 rings (SSSR count). The van der Waals surface area contributed by atoms with Gasteiger partial charge in [0.2, 0.25) is 0 Å². The maximum absolute atomic E-state index is 12.4. The molecule has 0 unspecified atom stereocenters. The number of carbonyl (C=O) groups is 1. The second-order valence-electron chi connectivity index (χ2n) is 5.34. The van der Waals surface area contributed by atoms with Crippen LogP contribution in [0.5, 0.6) is 5.75 Å². The van der Waals surface area contributed by atoms with E-state index in [9.17, 15) is 4.79 Å². The number of hydrogen-bond donors (Lipinski definition) is 1. The normalized spacial score (nSPS) is 11.8. The topological polar surface area (TPSA) is 38.3 Å². The van der Waals surface area contributed by atoms with Crippen molar-refractivity contribution in [1.29, 1.82) is 0 Å². The van der Waals surface area contributed by atoms with E-state index < -0.39 is 6.10 Å². The number of amides is 1. The molecule has 3 nitrogen and oxygen atoms in total. The van der Waals surface area contributed by atoms with Crippen LogP contribution in [0.4, 0.5) is 5.69 Å². The molecule has 0 aliphatic rings. The van der Waals surface area contributed by atoms with Crippen LogP contribution in [-0.2, 0) is 4.79 Å². The Morgan fingerprint density at radius 3 is 2.45 bits per heavy atom. The van der Waals surface area contributed by atoms with Crippen LogP contribution in [0.2, 0.25) is 5.02 Å². The number of benzene rings is 2. The number of aryl methyl sites for hydroxylation is 2. The minimum atomic E-state index is -0.556. The second-order valence-corrected chi connectivity index (χ2v) is 5.77. The van der Waals surface area contributed by atoms with Gasteiger partial charge in [0, 0.05) is 10.7 Å². The number of ether oxygens (including phenoxy) is 1. The van der Waals surface area contributed by atoms with E-state index in [4.69, 9.17) is 16.3 Å². The van der Waals surface area contributed by atoms with Crippen molar-refractivity contribution in [3.05, 3.63) is 58.6 Å². The largest absolute Gasteiger partial charge is 0.481 e. The van der Waals surface area contributed by atoms with Crippen LogP contribution >= 0.6 is 11.6 Å². The molecule has 2 aromatic carbocycles. The Labute approximate surface area is 136 Å². The van der Waals surface area contributed by atoms with Crippen LogP contribution in [0.25, 0.3) is 0 Å². The molecule has 22 heavy (non-hydrogen) atoms. The van der Waals surface area contributed by atoms with Crippen molar-refractivity contribution < 1.29 is 9.53 Å². The molecule has 0 heterocycles. The van der Waals surface area contributed by atoms with Gasteiger partial charge in [-0.25, -0.2) is 0 Å².